The van der Waals surface area contributed by atoms with Gasteiger partial charge in [0.15, 0.2) is 5.57 Å². The Bertz CT molecular complexity index is 510. The van der Waals surface area contributed by atoms with Crippen LogP contribution in [0.3, 0.4) is 0 Å². The summed E-state index contributed by atoms with van der Waals surface area (Å²) in [6.07, 6.45) is 1.29. The lowest BCUT2D eigenvalue weighted by atomic mass is 10.1. The molecule has 0 amide bonds. The van der Waals surface area contributed by atoms with Crippen molar-refractivity contribution in [3.63, 3.8) is 0 Å². The molecule has 2 N–H and O–H groups in total. The molecule has 0 aromatic heterocycles. The predicted octanol–water partition coefficient (Wildman–Crippen LogP) is 2.19. The van der Waals surface area contributed by atoms with Crippen molar-refractivity contribution in [3.05, 3.63) is 41.1 Å². The van der Waals surface area contributed by atoms with E-state index in [0.29, 0.717) is 0 Å². The molecule has 0 fully saturated rings. The fraction of sp³-hybridized carbons (Fsp3) is 0.286. The van der Waals surface area contributed by atoms with E-state index < -0.39 is 5.97 Å². The number of nitrogens with one attached hydrogen (secondary N) is 2. The molecule has 0 saturated heterocycles. The second-order valence-corrected chi connectivity index (χ2v) is 4.04. The van der Waals surface area contributed by atoms with Crippen LogP contribution in [0.4, 0.5) is 5.69 Å². The van der Waals surface area contributed by atoms with E-state index in [-0.39, 0.29) is 12.2 Å². The fourth-order valence-corrected chi connectivity index (χ4v) is 1.58. The average Bonchev–Trinajstić information content (AvgIpc) is 2.33. The zero-order valence-corrected chi connectivity index (χ0v) is 11.3. The largest absolute Gasteiger partial charge is 0.462 e. The molecule has 0 heterocycles. The Balaban J connectivity index is 2.65. The maximum atomic E-state index is 11.3. The minimum Gasteiger partial charge on any atom is -0.462 e. The minimum absolute atomic E-state index is 0.0845. The summed E-state index contributed by atoms with van der Waals surface area (Å²) >= 11 is 0. The quantitative estimate of drug-likeness (QED) is 0.367. The van der Waals surface area contributed by atoms with Crippen LogP contribution in [0.25, 0.3) is 0 Å². The first-order valence-electron chi connectivity index (χ1n) is 5.94. The molecule has 0 saturated carbocycles. The zero-order valence-electron chi connectivity index (χ0n) is 11.3. The van der Waals surface area contributed by atoms with E-state index >= 15 is 0 Å². The van der Waals surface area contributed by atoms with Gasteiger partial charge < -0.3 is 15.6 Å². The third-order valence-electron chi connectivity index (χ3n) is 2.27. The molecule has 0 radical (unpaired) electrons. The summed E-state index contributed by atoms with van der Waals surface area (Å²) in [6, 6.07) is 7.73. The fourth-order valence-electron chi connectivity index (χ4n) is 1.58. The molecule has 1 aromatic carbocycles. The second kappa shape index (κ2) is 7.07. The average molecular weight is 259 g/mol. The van der Waals surface area contributed by atoms with Gasteiger partial charge in [-0.15, -0.1) is 0 Å². The molecule has 0 atom stereocenters. The Morgan fingerprint density at radius 3 is 2.53 bits per heavy atom. The molecule has 0 aliphatic carbocycles. The lowest BCUT2D eigenvalue weighted by Crippen LogP contribution is -2.18. The molecular formula is C14H17N3O2. The first-order chi connectivity index (χ1) is 9.06. The van der Waals surface area contributed by atoms with Gasteiger partial charge in [0.1, 0.15) is 6.07 Å². The number of hydrogen-bond donors (Lipinski definition) is 2. The highest BCUT2D eigenvalue weighted by atomic mass is 16.5. The topological polar surface area (TPSA) is 74.2 Å². The van der Waals surface area contributed by atoms with Gasteiger partial charge in [-0.05, 0) is 44.0 Å². The number of rotatable bonds is 5. The van der Waals surface area contributed by atoms with E-state index in [1.165, 1.54) is 6.20 Å². The van der Waals surface area contributed by atoms with E-state index in [4.69, 9.17) is 10.00 Å². The maximum Gasteiger partial charge on any atom is 0.350 e. The molecule has 1 aromatic rings. The van der Waals surface area contributed by atoms with Crippen molar-refractivity contribution in [2.75, 3.05) is 12.0 Å². The van der Waals surface area contributed by atoms with Crippen molar-refractivity contribution in [3.8, 4) is 6.07 Å². The van der Waals surface area contributed by atoms with Gasteiger partial charge in [0.2, 0.25) is 0 Å². The van der Waals surface area contributed by atoms with Crippen molar-refractivity contribution in [1.29, 1.82) is 5.26 Å². The van der Waals surface area contributed by atoms with E-state index in [9.17, 15) is 4.79 Å². The van der Waals surface area contributed by atoms with Crippen LogP contribution in [-0.2, 0) is 9.53 Å². The number of anilines is 1. The molecule has 0 aliphatic rings. The first-order valence-corrected chi connectivity index (χ1v) is 5.94. The van der Waals surface area contributed by atoms with Crippen LogP contribution < -0.4 is 10.9 Å². The van der Waals surface area contributed by atoms with E-state index in [2.05, 4.69) is 16.9 Å². The van der Waals surface area contributed by atoms with Crippen LogP contribution in [-0.4, -0.2) is 12.6 Å². The van der Waals surface area contributed by atoms with Crippen LogP contribution in [0.1, 0.15) is 18.1 Å². The van der Waals surface area contributed by atoms with Crippen LogP contribution in [0.15, 0.2) is 30.0 Å². The number of carbonyl (C=O) groups excluding carboxylic acids is 1. The molecule has 0 bridgehead atoms. The van der Waals surface area contributed by atoms with Gasteiger partial charge in [-0.2, -0.15) is 5.26 Å². The standard InChI is InChI=1S/C14H17N3O2/c1-4-19-14(18)12(8-15)9-16-17-13-6-10(2)5-11(3)7-13/h5-7,9,16-17H,4H2,1-3H3/b12-9+. The first kappa shape index (κ1) is 14.6. The molecule has 0 spiro atoms. The molecule has 0 unspecified atom stereocenters. The van der Waals surface area contributed by atoms with Gasteiger partial charge in [0.05, 0.1) is 12.3 Å². The van der Waals surface area contributed by atoms with Crippen molar-refractivity contribution in [2.24, 2.45) is 0 Å². The Labute approximate surface area is 112 Å². The van der Waals surface area contributed by atoms with Crippen LogP contribution in [0.2, 0.25) is 0 Å². The number of aryl methyl sites for hydroxylation is 2. The number of esters is 1. The molecule has 1 rings (SSSR count). The van der Waals surface area contributed by atoms with Gasteiger partial charge >= 0.3 is 5.97 Å². The van der Waals surface area contributed by atoms with Gasteiger partial charge in [-0.1, -0.05) is 6.07 Å². The normalized spacial score (nSPS) is 10.5. The van der Waals surface area contributed by atoms with Crippen molar-refractivity contribution >= 4 is 11.7 Å². The highest BCUT2D eigenvalue weighted by molar-refractivity contribution is 5.92. The smallest absolute Gasteiger partial charge is 0.350 e. The van der Waals surface area contributed by atoms with E-state index in [0.717, 1.165) is 16.8 Å². The van der Waals surface area contributed by atoms with Gasteiger partial charge in [-0.3, -0.25) is 0 Å². The van der Waals surface area contributed by atoms with Crippen LogP contribution in [0, 0.1) is 25.2 Å². The molecule has 0 aliphatic heterocycles. The van der Waals surface area contributed by atoms with Crippen molar-refractivity contribution < 1.29 is 9.53 Å². The SMILES string of the molecule is CCOC(=O)/C(C#N)=C/NNc1cc(C)cc(C)c1. The lowest BCUT2D eigenvalue weighted by molar-refractivity contribution is -0.138. The van der Waals surface area contributed by atoms with Crippen molar-refractivity contribution in [1.82, 2.24) is 5.43 Å². The summed E-state index contributed by atoms with van der Waals surface area (Å²) < 4.78 is 4.74. The summed E-state index contributed by atoms with van der Waals surface area (Å²) in [5, 5.41) is 8.82. The predicted molar refractivity (Wildman–Crippen MR) is 73.0 cm³/mol. The van der Waals surface area contributed by atoms with Gasteiger partial charge in [-0.25, -0.2) is 4.79 Å². The summed E-state index contributed by atoms with van der Waals surface area (Å²) in [4.78, 5) is 11.3. The Kier molecular flexibility index (Phi) is 5.42. The number of nitriles is 1. The Morgan fingerprint density at radius 1 is 1.37 bits per heavy atom. The second-order valence-electron chi connectivity index (χ2n) is 4.04. The third kappa shape index (κ3) is 4.72. The minimum atomic E-state index is -0.639. The van der Waals surface area contributed by atoms with Gasteiger partial charge in [0.25, 0.3) is 0 Å². The molecule has 5 nitrogen and oxygen atoms in total. The maximum absolute atomic E-state index is 11.3. The molecule has 100 valence electrons. The Hall–Kier alpha value is -2.48. The Morgan fingerprint density at radius 2 is 2.00 bits per heavy atom. The summed E-state index contributed by atoms with van der Waals surface area (Å²) in [7, 11) is 0. The summed E-state index contributed by atoms with van der Waals surface area (Å²) in [6.45, 7) is 5.91. The third-order valence-corrected chi connectivity index (χ3v) is 2.27. The number of hydrazine groups is 1. The molecule has 19 heavy (non-hydrogen) atoms. The number of hydrogen-bond acceptors (Lipinski definition) is 5. The number of benzene rings is 1. The number of nitrogens with zero attached hydrogens (tertiary/aromatic N) is 1. The monoisotopic (exact) mass is 259 g/mol. The van der Waals surface area contributed by atoms with E-state index in [1.54, 1.807) is 13.0 Å². The zero-order chi connectivity index (χ0) is 14.3. The highest BCUT2D eigenvalue weighted by Gasteiger charge is 2.08. The molecule has 5 heteroatoms. The van der Waals surface area contributed by atoms with E-state index in [1.807, 2.05) is 26.0 Å². The van der Waals surface area contributed by atoms with Gasteiger partial charge in [0, 0.05) is 6.20 Å². The van der Waals surface area contributed by atoms with Crippen LogP contribution in [0.5, 0.6) is 0 Å². The summed E-state index contributed by atoms with van der Waals surface area (Å²) in [5.41, 5.74) is 8.63. The lowest BCUT2D eigenvalue weighted by Gasteiger charge is -2.08. The van der Waals surface area contributed by atoms with Crippen molar-refractivity contribution in [2.45, 2.75) is 20.8 Å². The number of ether oxygens (including phenoxy) is 1. The summed E-state index contributed by atoms with van der Waals surface area (Å²) in [5.74, 6) is -0.639. The highest BCUT2D eigenvalue weighted by Crippen LogP contribution is 2.12. The number of carbonyl (C=O) groups is 1. The molecular weight excluding hydrogens is 242 g/mol. The van der Waals surface area contributed by atoms with Crippen LogP contribution >= 0.6 is 0 Å².